The summed E-state index contributed by atoms with van der Waals surface area (Å²) in [6.07, 6.45) is 5.96. The van der Waals surface area contributed by atoms with Crippen LogP contribution in [0.2, 0.25) is 5.04 Å². The molecule has 0 radical (unpaired) electrons. The van der Waals surface area contributed by atoms with E-state index in [4.69, 9.17) is 4.43 Å². The molecule has 0 aliphatic carbocycles. The first-order valence-electron chi connectivity index (χ1n) is 9.43. The first kappa shape index (κ1) is 21.1. The van der Waals surface area contributed by atoms with Crippen LogP contribution in [0.4, 0.5) is 0 Å². The molecule has 0 fully saturated rings. The molecule has 0 aliphatic heterocycles. The zero-order chi connectivity index (χ0) is 19.8. The second kappa shape index (κ2) is 9.63. The molecular formula is C24H30O2Si. The van der Waals surface area contributed by atoms with Gasteiger partial charge in [0.1, 0.15) is 6.29 Å². The lowest BCUT2D eigenvalue weighted by Gasteiger charge is -2.42. The molecule has 0 unspecified atom stereocenters. The van der Waals surface area contributed by atoms with Crippen molar-refractivity contribution in [1.29, 1.82) is 0 Å². The zero-order valence-corrected chi connectivity index (χ0v) is 17.7. The molecule has 2 aromatic carbocycles. The van der Waals surface area contributed by atoms with Crippen molar-refractivity contribution in [2.75, 3.05) is 6.61 Å². The van der Waals surface area contributed by atoms with Crippen molar-refractivity contribution in [2.45, 2.75) is 38.7 Å². The fourth-order valence-corrected chi connectivity index (χ4v) is 8.08. The van der Waals surface area contributed by atoms with Crippen LogP contribution in [-0.2, 0) is 9.22 Å². The van der Waals surface area contributed by atoms with Gasteiger partial charge in [0.05, 0.1) is 6.61 Å². The smallest absolute Gasteiger partial charge is 0.261 e. The van der Waals surface area contributed by atoms with Gasteiger partial charge in [0, 0.05) is 6.42 Å². The highest BCUT2D eigenvalue weighted by atomic mass is 28.4. The van der Waals surface area contributed by atoms with Crippen LogP contribution < -0.4 is 10.4 Å². The summed E-state index contributed by atoms with van der Waals surface area (Å²) in [7, 11) is -2.52. The molecule has 0 bridgehead atoms. The SMILES string of the molecule is C=CC/C(=C\CO[Si](c1ccccc1)(c1ccccc1)C(C)(C)C)CC=O. The summed E-state index contributed by atoms with van der Waals surface area (Å²) in [5.74, 6) is 0. The molecule has 2 aromatic rings. The Morgan fingerprint density at radius 1 is 0.963 bits per heavy atom. The number of carbonyl (C=O) groups excluding carboxylic acids is 1. The molecule has 0 amide bonds. The molecule has 0 spiro atoms. The summed E-state index contributed by atoms with van der Waals surface area (Å²) in [5.41, 5.74) is 1.05. The highest BCUT2D eigenvalue weighted by molar-refractivity contribution is 6.99. The number of benzene rings is 2. The summed E-state index contributed by atoms with van der Waals surface area (Å²) >= 11 is 0. The van der Waals surface area contributed by atoms with E-state index >= 15 is 0 Å². The Morgan fingerprint density at radius 2 is 1.48 bits per heavy atom. The zero-order valence-electron chi connectivity index (χ0n) is 16.7. The quantitative estimate of drug-likeness (QED) is 0.360. The molecule has 0 N–H and O–H groups in total. The van der Waals surface area contributed by atoms with E-state index in [0.717, 1.165) is 11.9 Å². The molecule has 27 heavy (non-hydrogen) atoms. The number of rotatable bonds is 9. The lowest BCUT2D eigenvalue weighted by Crippen LogP contribution is -2.66. The summed E-state index contributed by atoms with van der Waals surface area (Å²) < 4.78 is 6.80. The number of hydrogen-bond acceptors (Lipinski definition) is 2. The molecule has 0 saturated heterocycles. The number of aldehydes is 1. The van der Waals surface area contributed by atoms with Gasteiger partial charge >= 0.3 is 0 Å². The molecule has 142 valence electrons. The first-order chi connectivity index (χ1) is 13.0. The molecule has 0 atom stereocenters. The van der Waals surface area contributed by atoms with E-state index in [1.807, 2.05) is 18.2 Å². The summed E-state index contributed by atoms with van der Waals surface area (Å²) in [4.78, 5) is 10.9. The third-order valence-electron chi connectivity index (χ3n) is 4.84. The average Bonchev–Trinajstić information content (AvgIpc) is 2.66. The van der Waals surface area contributed by atoms with Crippen molar-refractivity contribution in [3.63, 3.8) is 0 Å². The molecule has 0 aliphatic rings. The fraction of sp³-hybridized carbons (Fsp3) is 0.292. The molecule has 3 heteroatoms. The minimum atomic E-state index is -2.52. The minimum Gasteiger partial charge on any atom is -0.404 e. The lowest BCUT2D eigenvalue weighted by molar-refractivity contribution is -0.107. The highest BCUT2D eigenvalue weighted by Crippen LogP contribution is 2.36. The van der Waals surface area contributed by atoms with Crippen molar-refractivity contribution in [3.05, 3.63) is 85.0 Å². The van der Waals surface area contributed by atoms with Gasteiger partial charge in [-0.3, -0.25) is 0 Å². The second-order valence-corrected chi connectivity index (χ2v) is 12.0. The van der Waals surface area contributed by atoms with Crippen molar-refractivity contribution in [2.24, 2.45) is 0 Å². The van der Waals surface area contributed by atoms with Gasteiger partial charge in [-0.2, -0.15) is 0 Å². The molecule has 2 nitrogen and oxygen atoms in total. The van der Waals surface area contributed by atoms with Crippen LogP contribution in [0.3, 0.4) is 0 Å². The molecule has 0 aromatic heterocycles. The normalized spacial score (nSPS) is 12.6. The van der Waals surface area contributed by atoms with Crippen molar-refractivity contribution >= 4 is 25.0 Å². The third kappa shape index (κ3) is 4.94. The Kier molecular flexibility index (Phi) is 7.52. The van der Waals surface area contributed by atoms with Gasteiger partial charge in [0.15, 0.2) is 0 Å². The first-order valence-corrected chi connectivity index (χ1v) is 11.3. The van der Waals surface area contributed by atoms with Gasteiger partial charge in [0.25, 0.3) is 8.32 Å². The Labute approximate surface area is 164 Å². The maximum absolute atomic E-state index is 10.9. The van der Waals surface area contributed by atoms with E-state index in [9.17, 15) is 4.79 Å². The van der Waals surface area contributed by atoms with Gasteiger partial charge < -0.3 is 9.22 Å². The van der Waals surface area contributed by atoms with E-state index in [1.165, 1.54) is 10.4 Å². The van der Waals surface area contributed by atoms with E-state index in [2.05, 4.69) is 82.0 Å². The fourth-order valence-electron chi connectivity index (χ4n) is 3.59. The Bertz CT molecular complexity index is 706. The summed E-state index contributed by atoms with van der Waals surface area (Å²) in [6.45, 7) is 11.1. The molecule has 0 heterocycles. The topological polar surface area (TPSA) is 26.3 Å². The van der Waals surface area contributed by atoms with Crippen LogP contribution >= 0.6 is 0 Å². The van der Waals surface area contributed by atoms with Crippen molar-refractivity contribution in [3.8, 4) is 0 Å². The van der Waals surface area contributed by atoms with Crippen molar-refractivity contribution in [1.82, 2.24) is 0 Å². The molecule has 0 saturated carbocycles. The van der Waals surface area contributed by atoms with E-state index in [1.54, 1.807) is 0 Å². The highest BCUT2D eigenvalue weighted by Gasteiger charge is 2.49. The van der Waals surface area contributed by atoms with Gasteiger partial charge in [0.2, 0.25) is 0 Å². The van der Waals surface area contributed by atoms with Crippen LogP contribution in [0.1, 0.15) is 33.6 Å². The van der Waals surface area contributed by atoms with Gasteiger partial charge in [-0.1, -0.05) is 99.2 Å². The number of allylic oxidation sites excluding steroid dienone is 2. The van der Waals surface area contributed by atoms with E-state index in [0.29, 0.717) is 19.4 Å². The summed E-state index contributed by atoms with van der Waals surface area (Å²) in [5, 5.41) is 2.47. The van der Waals surface area contributed by atoms with Gasteiger partial charge in [-0.25, -0.2) is 0 Å². The Hall–Kier alpha value is -2.23. The lowest BCUT2D eigenvalue weighted by atomic mass is 10.1. The molecule has 2 rings (SSSR count). The average molecular weight is 379 g/mol. The monoisotopic (exact) mass is 378 g/mol. The van der Waals surface area contributed by atoms with Crippen LogP contribution in [0.15, 0.2) is 85.0 Å². The van der Waals surface area contributed by atoms with E-state index < -0.39 is 8.32 Å². The van der Waals surface area contributed by atoms with Crippen molar-refractivity contribution < 1.29 is 9.22 Å². The van der Waals surface area contributed by atoms with E-state index in [-0.39, 0.29) is 5.04 Å². The van der Waals surface area contributed by atoms with Gasteiger partial charge in [-0.15, -0.1) is 6.58 Å². The van der Waals surface area contributed by atoms with Crippen LogP contribution in [0.5, 0.6) is 0 Å². The maximum Gasteiger partial charge on any atom is 0.261 e. The number of carbonyl (C=O) groups is 1. The Morgan fingerprint density at radius 3 is 1.89 bits per heavy atom. The summed E-state index contributed by atoms with van der Waals surface area (Å²) in [6, 6.07) is 21.2. The molecular weight excluding hydrogens is 348 g/mol. The predicted molar refractivity (Wildman–Crippen MR) is 117 cm³/mol. The largest absolute Gasteiger partial charge is 0.404 e. The van der Waals surface area contributed by atoms with Gasteiger partial charge in [-0.05, 0) is 21.8 Å². The predicted octanol–water partition coefficient (Wildman–Crippen LogP) is 4.65. The third-order valence-corrected chi connectivity index (χ3v) is 9.85. The standard InChI is InChI=1S/C24H30O2Si/c1-5-12-21(17-19-25)18-20-26-27(24(2,3)4,22-13-8-6-9-14-22)23-15-10-7-11-16-23/h5-11,13-16,18-19H,1,12,17,20H2,2-4H3/b21-18+. The van der Waals surface area contributed by atoms with Crippen LogP contribution in [0, 0.1) is 0 Å². The second-order valence-electron chi connectivity index (χ2n) is 7.70. The van der Waals surface area contributed by atoms with Crippen LogP contribution in [0.25, 0.3) is 0 Å². The Balaban J connectivity index is 2.51. The maximum atomic E-state index is 10.9. The number of hydrogen-bond donors (Lipinski definition) is 0. The minimum absolute atomic E-state index is 0.0488. The van der Waals surface area contributed by atoms with Crippen LogP contribution in [-0.4, -0.2) is 21.2 Å².